The Hall–Kier alpha value is -0.550. The van der Waals surface area contributed by atoms with Crippen LogP contribution in [0, 0.1) is 6.92 Å². The Labute approximate surface area is 73.4 Å². The second-order valence-corrected chi connectivity index (χ2v) is 3.50. The van der Waals surface area contributed by atoms with Crippen LogP contribution in [0.3, 0.4) is 0 Å². The van der Waals surface area contributed by atoms with E-state index in [-0.39, 0.29) is 6.42 Å². The maximum atomic E-state index is 12.0. The van der Waals surface area contributed by atoms with E-state index in [1.807, 2.05) is 0 Å². The topological polar surface area (TPSA) is 38.9 Å². The number of rotatable bonds is 3. The second-order valence-electron chi connectivity index (χ2n) is 2.56. The van der Waals surface area contributed by atoms with Crippen LogP contribution in [0.15, 0.2) is 5.51 Å². The molecule has 0 saturated carbocycles. The van der Waals surface area contributed by atoms with Crippen LogP contribution in [-0.4, -0.2) is 17.5 Å². The van der Waals surface area contributed by atoms with E-state index in [1.54, 1.807) is 12.4 Å². The van der Waals surface area contributed by atoms with E-state index < -0.39 is 12.5 Å². The van der Waals surface area contributed by atoms with Gasteiger partial charge in [0.2, 0.25) is 0 Å². The summed E-state index contributed by atoms with van der Waals surface area (Å²) in [7, 11) is 0. The van der Waals surface area contributed by atoms with Gasteiger partial charge in [0.15, 0.2) is 0 Å². The Balaban J connectivity index is 2.58. The highest BCUT2D eigenvalue weighted by molar-refractivity contribution is 7.09. The van der Waals surface area contributed by atoms with Crippen molar-refractivity contribution >= 4 is 11.3 Å². The van der Waals surface area contributed by atoms with Gasteiger partial charge in [0.05, 0.1) is 17.2 Å². The molecule has 0 amide bonds. The molecule has 0 aromatic carbocycles. The third-order valence-corrected chi connectivity index (χ3v) is 2.55. The van der Waals surface area contributed by atoms with Crippen LogP contribution in [0.4, 0.5) is 8.78 Å². The molecule has 1 aromatic heterocycles. The first kappa shape index (κ1) is 9.54. The van der Waals surface area contributed by atoms with Crippen LogP contribution in [0.25, 0.3) is 0 Å². The maximum absolute atomic E-state index is 12.0. The third kappa shape index (κ3) is 2.22. The van der Waals surface area contributed by atoms with E-state index in [0.29, 0.717) is 0 Å². The monoisotopic (exact) mass is 192 g/mol. The number of alkyl halides is 2. The summed E-state index contributed by atoms with van der Waals surface area (Å²) in [4.78, 5) is 4.80. The van der Waals surface area contributed by atoms with E-state index in [9.17, 15) is 8.78 Å². The molecule has 0 aliphatic rings. The maximum Gasteiger partial charge on any atom is 0.253 e. The Bertz CT molecular complexity index is 249. The summed E-state index contributed by atoms with van der Waals surface area (Å²) in [6.07, 6.45) is -2.24. The standard InChI is InChI=1S/C7H10F2N2S/c1-4-6(12-3-11-4)2-5(10)7(8)9/h3,5,7H,2,10H2,1H3. The highest BCUT2D eigenvalue weighted by Crippen LogP contribution is 2.15. The normalized spacial score (nSPS) is 13.8. The summed E-state index contributed by atoms with van der Waals surface area (Å²) in [5.74, 6) is 0. The number of aryl methyl sites for hydroxylation is 1. The first-order chi connectivity index (χ1) is 5.61. The van der Waals surface area contributed by atoms with Gasteiger partial charge >= 0.3 is 0 Å². The fourth-order valence-electron chi connectivity index (χ4n) is 0.825. The summed E-state index contributed by atoms with van der Waals surface area (Å²) in [6, 6.07) is -1.07. The quantitative estimate of drug-likeness (QED) is 0.789. The van der Waals surface area contributed by atoms with E-state index in [4.69, 9.17) is 5.73 Å². The van der Waals surface area contributed by atoms with Crippen molar-refractivity contribution in [2.75, 3.05) is 0 Å². The Morgan fingerprint density at radius 2 is 2.33 bits per heavy atom. The van der Waals surface area contributed by atoms with Crippen molar-refractivity contribution in [1.29, 1.82) is 0 Å². The lowest BCUT2D eigenvalue weighted by Crippen LogP contribution is -2.30. The molecule has 0 saturated heterocycles. The number of halogens is 2. The van der Waals surface area contributed by atoms with Crippen molar-refractivity contribution in [3.63, 3.8) is 0 Å². The van der Waals surface area contributed by atoms with Crippen LogP contribution in [0.2, 0.25) is 0 Å². The molecule has 1 rings (SSSR count). The lowest BCUT2D eigenvalue weighted by molar-refractivity contribution is 0.116. The molecule has 1 aromatic rings. The minimum Gasteiger partial charge on any atom is -0.323 e. The number of hydrogen-bond donors (Lipinski definition) is 1. The van der Waals surface area contributed by atoms with Crippen LogP contribution >= 0.6 is 11.3 Å². The van der Waals surface area contributed by atoms with E-state index in [2.05, 4.69) is 4.98 Å². The summed E-state index contributed by atoms with van der Waals surface area (Å²) in [5, 5.41) is 0. The molecular formula is C7H10F2N2S. The molecule has 1 atom stereocenters. The molecule has 68 valence electrons. The van der Waals surface area contributed by atoms with Crippen molar-refractivity contribution in [2.45, 2.75) is 25.8 Å². The van der Waals surface area contributed by atoms with Gasteiger partial charge in [0.25, 0.3) is 6.43 Å². The van der Waals surface area contributed by atoms with Crippen molar-refractivity contribution in [3.8, 4) is 0 Å². The molecule has 0 spiro atoms. The minimum atomic E-state index is -2.45. The lowest BCUT2D eigenvalue weighted by atomic mass is 10.2. The molecule has 0 fully saturated rings. The van der Waals surface area contributed by atoms with E-state index in [0.717, 1.165) is 10.6 Å². The largest absolute Gasteiger partial charge is 0.323 e. The van der Waals surface area contributed by atoms with Gasteiger partial charge in [0.1, 0.15) is 0 Å². The van der Waals surface area contributed by atoms with Crippen molar-refractivity contribution in [3.05, 3.63) is 16.1 Å². The molecule has 2 nitrogen and oxygen atoms in total. The lowest BCUT2D eigenvalue weighted by Gasteiger charge is -2.08. The highest BCUT2D eigenvalue weighted by atomic mass is 32.1. The Morgan fingerprint density at radius 3 is 2.75 bits per heavy atom. The Kier molecular flexibility index (Phi) is 3.11. The fourth-order valence-corrected chi connectivity index (χ4v) is 1.68. The average molecular weight is 192 g/mol. The van der Waals surface area contributed by atoms with Crippen molar-refractivity contribution < 1.29 is 8.78 Å². The smallest absolute Gasteiger partial charge is 0.253 e. The van der Waals surface area contributed by atoms with Crippen molar-refractivity contribution in [1.82, 2.24) is 4.98 Å². The number of thiazole rings is 1. The summed E-state index contributed by atoms with van der Waals surface area (Å²) in [6.45, 7) is 1.80. The minimum absolute atomic E-state index is 0.216. The zero-order valence-corrected chi connectivity index (χ0v) is 7.44. The van der Waals surface area contributed by atoms with Gasteiger partial charge in [-0.25, -0.2) is 13.8 Å². The third-order valence-electron chi connectivity index (χ3n) is 1.59. The average Bonchev–Trinajstić information content (AvgIpc) is 2.36. The Morgan fingerprint density at radius 1 is 1.67 bits per heavy atom. The molecule has 12 heavy (non-hydrogen) atoms. The molecule has 0 aliphatic carbocycles. The molecule has 0 radical (unpaired) electrons. The first-order valence-corrected chi connectivity index (χ1v) is 4.42. The summed E-state index contributed by atoms with van der Waals surface area (Å²) in [5.41, 5.74) is 7.65. The molecule has 0 bridgehead atoms. The van der Waals surface area contributed by atoms with E-state index in [1.165, 1.54) is 11.3 Å². The first-order valence-electron chi connectivity index (χ1n) is 3.54. The molecule has 5 heteroatoms. The highest BCUT2D eigenvalue weighted by Gasteiger charge is 2.17. The molecule has 0 aliphatic heterocycles. The number of nitrogens with zero attached hydrogens (tertiary/aromatic N) is 1. The number of hydrogen-bond acceptors (Lipinski definition) is 3. The van der Waals surface area contributed by atoms with Gasteiger partial charge in [-0.3, -0.25) is 0 Å². The van der Waals surface area contributed by atoms with Gasteiger partial charge in [-0.2, -0.15) is 0 Å². The summed E-state index contributed by atoms with van der Waals surface area (Å²) >= 11 is 1.37. The SMILES string of the molecule is Cc1ncsc1CC(N)C(F)F. The predicted octanol–water partition coefficient (Wildman–Crippen LogP) is 1.59. The fraction of sp³-hybridized carbons (Fsp3) is 0.571. The van der Waals surface area contributed by atoms with Crippen LogP contribution in [0.1, 0.15) is 10.6 Å². The van der Waals surface area contributed by atoms with Crippen LogP contribution in [-0.2, 0) is 6.42 Å². The van der Waals surface area contributed by atoms with Crippen LogP contribution < -0.4 is 5.73 Å². The molecule has 2 N–H and O–H groups in total. The number of nitrogens with two attached hydrogens (primary N) is 1. The molecular weight excluding hydrogens is 182 g/mol. The second kappa shape index (κ2) is 3.91. The van der Waals surface area contributed by atoms with Gasteiger partial charge in [-0.05, 0) is 6.92 Å². The van der Waals surface area contributed by atoms with E-state index >= 15 is 0 Å². The van der Waals surface area contributed by atoms with Gasteiger partial charge in [-0.1, -0.05) is 0 Å². The molecule has 1 unspecified atom stereocenters. The zero-order chi connectivity index (χ0) is 9.14. The predicted molar refractivity (Wildman–Crippen MR) is 44.5 cm³/mol. The molecule has 1 heterocycles. The number of aromatic nitrogens is 1. The van der Waals surface area contributed by atoms with Gasteiger partial charge in [0, 0.05) is 11.3 Å². The van der Waals surface area contributed by atoms with Crippen LogP contribution in [0.5, 0.6) is 0 Å². The van der Waals surface area contributed by atoms with Gasteiger partial charge < -0.3 is 5.73 Å². The van der Waals surface area contributed by atoms with Crippen molar-refractivity contribution in [2.24, 2.45) is 5.73 Å². The zero-order valence-electron chi connectivity index (χ0n) is 6.63. The summed E-state index contributed by atoms with van der Waals surface area (Å²) < 4.78 is 24.0. The van der Waals surface area contributed by atoms with Gasteiger partial charge in [-0.15, -0.1) is 11.3 Å².